The van der Waals surface area contributed by atoms with Crippen LogP contribution in [-0.2, 0) is 11.3 Å². The fraction of sp³-hybridized carbons (Fsp3) is 0.364. The van der Waals surface area contributed by atoms with Crippen molar-refractivity contribution < 1.29 is 9.90 Å². The third-order valence-electron chi connectivity index (χ3n) is 2.52. The lowest BCUT2D eigenvalue weighted by atomic mass is 10.2. The first-order chi connectivity index (χ1) is 7.20. The largest absolute Gasteiger partial charge is 0.508 e. The Morgan fingerprint density at radius 3 is 2.80 bits per heavy atom. The van der Waals surface area contributed by atoms with Crippen LogP contribution in [0, 0.1) is 5.92 Å². The molecule has 15 heavy (non-hydrogen) atoms. The van der Waals surface area contributed by atoms with Crippen LogP contribution >= 0.6 is 0 Å². The van der Waals surface area contributed by atoms with Gasteiger partial charge in [-0.05, 0) is 18.9 Å². The number of carbonyl (C=O) groups excluding carboxylic acids is 1. The molecule has 0 saturated heterocycles. The number of nitrogens with two attached hydrogens (primary N) is 1. The van der Waals surface area contributed by atoms with Crippen LogP contribution in [0.4, 0.5) is 5.69 Å². The molecule has 1 saturated carbocycles. The summed E-state index contributed by atoms with van der Waals surface area (Å²) >= 11 is 0. The standard InChI is InChI=1S/C11H14N2O2/c12-6-8-3-4-9(5-10(8)14)13-11(15)7-1-2-7/h3-5,7,14H,1-2,6,12H2,(H,13,15). The molecule has 4 heteroatoms. The Hall–Kier alpha value is -1.55. The van der Waals surface area contributed by atoms with E-state index in [1.54, 1.807) is 12.1 Å². The molecule has 1 aromatic carbocycles. The molecule has 0 aliphatic heterocycles. The van der Waals surface area contributed by atoms with Crippen LogP contribution in [0.1, 0.15) is 18.4 Å². The highest BCUT2D eigenvalue weighted by atomic mass is 16.3. The molecule has 0 heterocycles. The molecule has 0 radical (unpaired) electrons. The second-order valence-corrected chi connectivity index (χ2v) is 3.81. The minimum Gasteiger partial charge on any atom is -0.508 e. The lowest BCUT2D eigenvalue weighted by Crippen LogP contribution is -2.13. The van der Waals surface area contributed by atoms with Crippen molar-refractivity contribution in [3.8, 4) is 5.75 Å². The third-order valence-corrected chi connectivity index (χ3v) is 2.52. The van der Waals surface area contributed by atoms with Crippen molar-refractivity contribution in [1.29, 1.82) is 0 Å². The molecule has 1 aliphatic rings. The summed E-state index contributed by atoms with van der Waals surface area (Å²) in [5.41, 5.74) is 6.72. The number of aromatic hydroxyl groups is 1. The maximum absolute atomic E-state index is 11.4. The predicted molar refractivity (Wildman–Crippen MR) is 57.4 cm³/mol. The summed E-state index contributed by atoms with van der Waals surface area (Å²) in [5, 5.41) is 12.3. The monoisotopic (exact) mass is 206 g/mol. The fourth-order valence-corrected chi connectivity index (χ4v) is 1.40. The Bertz CT molecular complexity index is 386. The molecule has 0 atom stereocenters. The summed E-state index contributed by atoms with van der Waals surface area (Å²) in [6.45, 7) is 0.294. The van der Waals surface area contributed by atoms with Gasteiger partial charge in [0, 0.05) is 29.8 Å². The normalized spacial score (nSPS) is 15.0. The van der Waals surface area contributed by atoms with Crippen LogP contribution in [0.25, 0.3) is 0 Å². The lowest BCUT2D eigenvalue weighted by molar-refractivity contribution is -0.117. The zero-order valence-electron chi connectivity index (χ0n) is 8.36. The molecule has 1 amide bonds. The Morgan fingerprint density at radius 2 is 2.27 bits per heavy atom. The Balaban J connectivity index is 2.08. The maximum Gasteiger partial charge on any atom is 0.227 e. The molecule has 4 nitrogen and oxygen atoms in total. The molecule has 0 bridgehead atoms. The van der Waals surface area contributed by atoms with Gasteiger partial charge in [0.1, 0.15) is 5.75 Å². The highest BCUT2D eigenvalue weighted by Crippen LogP contribution is 2.30. The van der Waals surface area contributed by atoms with E-state index in [1.165, 1.54) is 6.07 Å². The summed E-state index contributed by atoms with van der Waals surface area (Å²) < 4.78 is 0. The first-order valence-corrected chi connectivity index (χ1v) is 5.03. The zero-order valence-corrected chi connectivity index (χ0v) is 8.36. The van der Waals surface area contributed by atoms with Gasteiger partial charge >= 0.3 is 0 Å². The number of amides is 1. The summed E-state index contributed by atoms with van der Waals surface area (Å²) in [6, 6.07) is 5.00. The van der Waals surface area contributed by atoms with Gasteiger partial charge in [-0.25, -0.2) is 0 Å². The number of anilines is 1. The van der Waals surface area contributed by atoms with Crippen molar-refractivity contribution in [1.82, 2.24) is 0 Å². The van der Waals surface area contributed by atoms with E-state index in [9.17, 15) is 9.90 Å². The van der Waals surface area contributed by atoms with Crippen molar-refractivity contribution in [2.45, 2.75) is 19.4 Å². The van der Waals surface area contributed by atoms with Crippen LogP contribution in [0.5, 0.6) is 5.75 Å². The van der Waals surface area contributed by atoms with E-state index in [4.69, 9.17) is 5.73 Å². The van der Waals surface area contributed by atoms with Crippen molar-refractivity contribution in [3.05, 3.63) is 23.8 Å². The first kappa shape index (κ1) is 9.98. The van der Waals surface area contributed by atoms with Crippen molar-refractivity contribution in [2.24, 2.45) is 11.7 Å². The molecule has 0 spiro atoms. The smallest absolute Gasteiger partial charge is 0.227 e. The quantitative estimate of drug-likeness (QED) is 0.695. The van der Waals surface area contributed by atoms with E-state index in [0.29, 0.717) is 17.8 Å². The highest BCUT2D eigenvalue weighted by Gasteiger charge is 2.29. The average molecular weight is 206 g/mol. The maximum atomic E-state index is 11.4. The number of nitrogens with one attached hydrogen (secondary N) is 1. The highest BCUT2D eigenvalue weighted by molar-refractivity contribution is 5.94. The average Bonchev–Trinajstić information content (AvgIpc) is 3.01. The number of phenols is 1. The van der Waals surface area contributed by atoms with Gasteiger partial charge in [0.2, 0.25) is 5.91 Å². The molecule has 0 aromatic heterocycles. The van der Waals surface area contributed by atoms with Crippen molar-refractivity contribution in [3.63, 3.8) is 0 Å². The van der Waals surface area contributed by atoms with Crippen LogP contribution < -0.4 is 11.1 Å². The Morgan fingerprint density at radius 1 is 1.53 bits per heavy atom. The number of hydrogen-bond donors (Lipinski definition) is 3. The third kappa shape index (κ3) is 2.27. The van der Waals surface area contributed by atoms with E-state index in [1.807, 2.05) is 0 Å². The lowest BCUT2D eigenvalue weighted by Gasteiger charge is -2.07. The molecule has 2 rings (SSSR count). The number of rotatable bonds is 3. The fourth-order valence-electron chi connectivity index (χ4n) is 1.40. The summed E-state index contributed by atoms with van der Waals surface area (Å²) in [4.78, 5) is 11.4. The van der Waals surface area contributed by atoms with Gasteiger partial charge in [0.05, 0.1) is 0 Å². The number of carbonyl (C=O) groups is 1. The molecule has 0 unspecified atom stereocenters. The van der Waals surface area contributed by atoms with Gasteiger partial charge in [-0.15, -0.1) is 0 Å². The van der Waals surface area contributed by atoms with Gasteiger partial charge in [-0.2, -0.15) is 0 Å². The molecular weight excluding hydrogens is 192 g/mol. The Labute approximate surface area is 88.1 Å². The minimum atomic E-state index is 0.0369. The van der Waals surface area contributed by atoms with E-state index < -0.39 is 0 Å². The predicted octanol–water partition coefficient (Wildman–Crippen LogP) is 1.20. The first-order valence-electron chi connectivity index (χ1n) is 5.03. The Kier molecular flexibility index (Phi) is 2.60. The molecule has 1 aromatic rings. The summed E-state index contributed by atoms with van der Waals surface area (Å²) in [5.74, 6) is 0.335. The zero-order chi connectivity index (χ0) is 10.8. The summed E-state index contributed by atoms with van der Waals surface area (Å²) in [6.07, 6.45) is 1.94. The number of hydrogen-bond acceptors (Lipinski definition) is 3. The SMILES string of the molecule is NCc1ccc(NC(=O)C2CC2)cc1O. The van der Waals surface area contributed by atoms with E-state index in [2.05, 4.69) is 5.32 Å². The second kappa shape index (κ2) is 3.90. The molecule has 4 N–H and O–H groups in total. The number of phenolic OH excluding ortho intramolecular Hbond substituents is 1. The van der Waals surface area contributed by atoms with Gasteiger partial charge in [-0.3, -0.25) is 4.79 Å². The van der Waals surface area contributed by atoms with E-state index in [0.717, 1.165) is 12.8 Å². The van der Waals surface area contributed by atoms with Crippen molar-refractivity contribution in [2.75, 3.05) is 5.32 Å². The molecule has 1 fully saturated rings. The molecule has 1 aliphatic carbocycles. The van der Waals surface area contributed by atoms with Gasteiger partial charge in [-0.1, -0.05) is 6.07 Å². The van der Waals surface area contributed by atoms with E-state index in [-0.39, 0.29) is 17.6 Å². The van der Waals surface area contributed by atoms with E-state index >= 15 is 0 Å². The van der Waals surface area contributed by atoms with Crippen molar-refractivity contribution >= 4 is 11.6 Å². The topological polar surface area (TPSA) is 75.3 Å². The van der Waals surface area contributed by atoms with Crippen LogP contribution in [0.3, 0.4) is 0 Å². The number of benzene rings is 1. The van der Waals surface area contributed by atoms with Crippen LogP contribution in [-0.4, -0.2) is 11.0 Å². The van der Waals surface area contributed by atoms with Crippen LogP contribution in [0.2, 0.25) is 0 Å². The van der Waals surface area contributed by atoms with Gasteiger partial charge in [0.15, 0.2) is 0 Å². The summed E-state index contributed by atoms with van der Waals surface area (Å²) in [7, 11) is 0. The van der Waals surface area contributed by atoms with Crippen LogP contribution in [0.15, 0.2) is 18.2 Å². The molecular formula is C11H14N2O2. The minimum absolute atomic E-state index is 0.0369. The molecule has 80 valence electrons. The van der Waals surface area contributed by atoms with Gasteiger partial charge < -0.3 is 16.2 Å². The van der Waals surface area contributed by atoms with Gasteiger partial charge in [0.25, 0.3) is 0 Å². The second-order valence-electron chi connectivity index (χ2n) is 3.81.